The Labute approximate surface area is 249 Å². The number of aryl methyl sites for hydroxylation is 2. The molecule has 1 saturated carbocycles. The van der Waals surface area contributed by atoms with Crippen molar-refractivity contribution in [3.63, 3.8) is 0 Å². The van der Waals surface area contributed by atoms with Crippen LogP contribution in [0.1, 0.15) is 43.9 Å². The molecular formula is C30H33ClF2N6O2S. The SMILES string of the molecule is CCc1c(F)c(-c2cc(F)c(NS(=O)(=O)c3ccccc3Cl)nc2C)cc2cnc(NC3CCC(N(C)C)CC3)nc12. The third-order valence-corrected chi connectivity index (χ3v) is 9.67. The molecule has 0 aliphatic heterocycles. The maximum atomic E-state index is 16.0. The molecule has 222 valence electrons. The minimum Gasteiger partial charge on any atom is -0.351 e. The number of aromatic nitrogens is 3. The smallest absolute Gasteiger partial charge is 0.264 e. The van der Waals surface area contributed by atoms with Crippen LogP contribution in [0.5, 0.6) is 0 Å². The number of hydrogen-bond acceptors (Lipinski definition) is 7. The quantitative estimate of drug-likeness (QED) is 0.231. The van der Waals surface area contributed by atoms with Gasteiger partial charge in [0.15, 0.2) is 11.6 Å². The highest BCUT2D eigenvalue weighted by atomic mass is 35.5. The fourth-order valence-corrected chi connectivity index (χ4v) is 7.03. The van der Waals surface area contributed by atoms with E-state index in [9.17, 15) is 8.42 Å². The third kappa shape index (κ3) is 6.04. The van der Waals surface area contributed by atoms with Crippen LogP contribution in [-0.2, 0) is 16.4 Å². The standard InChI is InChI=1S/C30H33ClF2N6O2S/c1-5-21-27(33)23(14-18-16-34-30(37-28(18)21)36-19-10-12-20(13-11-19)39(3)4)22-15-25(32)29(35-17(22)2)38-42(40,41)26-9-7-6-8-24(26)31/h6-9,14-16,19-20H,5,10-13H2,1-4H3,(H,35,38)(H,34,36,37). The van der Waals surface area contributed by atoms with Gasteiger partial charge in [0.1, 0.15) is 10.7 Å². The van der Waals surface area contributed by atoms with Crippen molar-refractivity contribution in [2.75, 3.05) is 24.1 Å². The molecule has 1 aliphatic rings. The van der Waals surface area contributed by atoms with Gasteiger partial charge in [-0.2, -0.15) is 0 Å². The van der Waals surface area contributed by atoms with E-state index in [-0.39, 0.29) is 32.8 Å². The largest absolute Gasteiger partial charge is 0.351 e. The van der Waals surface area contributed by atoms with Crippen molar-refractivity contribution in [2.24, 2.45) is 0 Å². The van der Waals surface area contributed by atoms with Gasteiger partial charge in [0.05, 0.1) is 10.5 Å². The van der Waals surface area contributed by atoms with E-state index in [4.69, 9.17) is 11.6 Å². The van der Waals surface area contributed by atoms with Gasteiger partial charge >= 0.3 is 0 Å². The number of pyridine rings is 1. The van der Waals surface area contributed by atoms with Gasteiger partial charge in [0, 0.05) is 46.1 Å². The lowest BCUT2D eigenvalue weighted by Crippen LogP contribution is -2.36. The summed E-state index contributed by atoms with van der Waals surface area (Å²) in [5.74, 6) is -1.54. The predicted octanol–water partition coefficient (Wildman–Crippen LogP) is 6.58. The second-order valence-corrected chi connectivity index (χ2v) is 12.9. The Hall–Kier alpha value is -3.41. The molecule has 1 fully saturated rings. The summed E-state index contributed by atoms with van der Waals surface area (Å²) in [5.41, 5.74) is 1.44. The van der Waals surface area contributed by atoms with E-state index in [0.29, 0.717) is 34.9 Å². The summed E-state index contributed by atoms with van der Waals surface area (Å²) in [4.78, 5) is 15.4. The lowest BCUT2D eigenvalue weighted by Gasteiger charge is -2.33. The molecule has 2 aromatic heterocycles. The molecule has 8 nitrogen and oxygen atoms in total. The maximum absolute atomic E-state index is 16.0. The molecule has 0 atom stereocenters. The first-order valence-corrected chi connectivity index (χ1v) is 15.7. The number of anilines is 2. The van der Waals surface area contributed by atoms with E-state index in [1.54, 1.807) is 25.3 Å². The Kier molecular flexibility index (Phi) is 8.63. The normalized spacial score (nSPS) is 17.5. The predicted molar refractivity (Wildman–Crippen MR) is 162 cm³/mol. The summed E-state index contributed by atoms with van der Waals surface area (Å²) in [6.07, 6.45) is 6.16. The van der Waals surface area contributed by atoms with Gasteiger partial charge in [-0.15, -0.1) is 0 Å². The highest BCUT2D eigenvalue weighted by molar-refractivity contribution is 7.92. The number of nitrogens with zero attached hydrogens (tertiary/aromatic N) is 4. The van der Waals surface area contributed by atoms with Gasteiger partial charge in [-0.3, -0.25) is 4.72 Å². The fraction of sp³-hybridized carbons (Fsp3) is 0.367. The first kappa shape index (κ1) is 30.1. The lowest BCUT2D eigenvalue weighted by molar-refractivity contribution is 0.221. The molecule has 0 unspecified atom stereocenters. The summed E-state index contributed by atoms with van der Waals surface area (Å²) < 4.78 is 59.1. The highest BCUT2D eigenvalue weighted by Gasteiger charge is 2.25. The number of fused-ring (bicyclic) bond motifs is 1. The van der Waals surface area contributed by atoms with Gasteiger partial charge in [0.25, 0.3) is 10.0 Å². The Morgan fingerprint density at radius 3 is 2.43 bits per heavy atom. The highest BCUT2D eigenvalue weighted by Crippen LogP contribution is 2.35. The molecule has 2 N–H and O–H groups in total. The van der Waals surface area contributed by atoms with E-state index in [2.05, 4.69) is 44.0 Å². The molecule has 5 rings (SSSR count). The molecule has 12 heteroatoms. The zero-order valence-corrected chi connectivity index (χ0v) is 25.5. The first-order chi connectivity index (χ1) is 20.0. The molecule has 2 aromatic carbocycles. The van der Waals surface area contributed by atoms with E-state index in [0.717, 1.165) is 31.7 Å². The monoisotopic (exact) mass is 614 g/mol. The number of halogens is 3. The second-order valence-electron chi connectivity index (χ2n) is 10.8. The third-order valence-electron chi connectivity index (χ3n) is 7.83. The van der Waals surface area contributed by atoms with Gasteiger partial charge in [-0.1, -0.05) is 30.7 Å². The van der Waals surface area contributed by atoms with Gasteiger partial charge in [-0.05, 0) is 77.4 Å². The van der Waals surface area contributed by atoms with Crippen molar-refractivity contribution >= 4 is 44.3 Å². The van der Waals surface area contributed by atoms with Gasteiger partial charge < -0.3 is 10.2 Å². The number of rotatable bonds is 8. The molecule has 0 saturated heterocycles. The molecule has 42 heavy (non-hydrogen) atoms. The lowest BCUT2D eigenvalue weighted by atomic mass is 9.90. The van der Waals surface area contributed by atoms with Crippen molar-refractivity contribution in [1.29, 1.82) is 0 Å². The zero-order valence-electron chi connectivity index (χ0n) is 23.9. The van der Waals surface area contributed by atoms with Crippen LogP contribution in [0.4, 0.5) is 20.5 Å². The van der Waals surface area contributed by atoms with Gasteiger partial charge in [0.2, 0.25) is 5.95 Å². The van der Waals surface area contributed by atoms with Crippen LogP contribution in [0.15, 0.2) is 47.5 Å². The molecule has 4 aromatic rings. The zero-order chi connectivity index (χ0) is 30.2. The molecular weight excluding hydrogens is 582 g/mol. The van der Waals surface area contributed by atoms with E-state index in [1.807, 2.05) is 6.92 Å². The number of sulfonamides is 1. The Balaban J connectivity index is 1.45. The van der Waals surface area contributed by atoms with Gasteiger partial charge in [-0.25, -0.2) is 32.2 Å². The van der Waals surface area contributed by atoms with E-state index in [1.165, 1.54) is 18.2 Å². The summed E-state index contributed by atoms with van der Waals surface area (Å²) in [6, 6.07) is 9.29. The van der Waals surface area contributed by atoms with Crippen LogP contribution in [0, 0.1) is 18.6 Å². The Morgan fingerprint density at radius 1 is 1.05 bits per heavy atom. The fourth-order valence-electron chi connectivity index (χ4n) is 5.50. The summed E-state index contributed by atoms with van der Waals surface area (Å²) in [5, 5.41) is 4.01. The Bertz CT molecular complexity index is 1740. The van der Waals surface area contributed by atoms with Crippen molar-refractivity contribution < 1.29 is 17.2 Å². The molecule has 1 aliphatic carbocycles. The van der Waals surface area contributed by atoms with E-state index >= 15 is 8.78 Å². The number of benzene rings is 2. The van der Waals surface area contributed by atoms with Crippen molar-refractivity contribution in [3.05, 3.63) is 70.5 Å². The summed E-state index contributed by atoms with van der Waals surface area (Å²) in [6.45, 7) is 3.39. The van der Waals surface area contributed by atoms with Crippen LogP contribution in [0.3, 0.4) is 0 Å². The second kappa shape index (κ2) is 12.1. The maximum Gasteiger partial charge on any atom is 0.264 e. The molecule has 0 spiro atoms. The Morgan fingerprint density at radius 2 is 1.76 bits per heavy atom. The van der Waals surface area contributed by atoms with Crippen LogP contribution in [-0.4, -0.2) is 54.4 Å². The molecule has 0 bridgehead atoms. The number of nitrogens with one attached hydrogen (secondary N) is 2. The molecule has 0 radical (unpaired) electrons. The first-order valence-electron chi connectivity index (χ1n) is 13.8. The van der Waals surface area contributed by atoms with Crippen LogP contribution in [0.25, 0.3) is 22.0 Å². The number of hydrogen-bond donors (Lipinski definition) is 2. The molecule has 2 heterocycles. The van der Waals surface area contributed by atoms with Crippen LogP contribution >= 0.6 is 11.6 Å². The van der Waals surface area contributed by atoms with Crippen molar-refractivity contribution in [2.45, 2.75) is 62.9 Å². The molecule has 0 amide bonds. The minimum atomic E-state index is -4.21. The van der Waals surface area contributed by atoms with E-state index < -0.39 is 27.5 Å². The van der Waals surface area contributed by atoms with Crippen LogP contribution < -0.4 is 10.0 Å². The minimum absolute atomic E-state index is 0.0126. The summed E-state index contributed by atoms with van der Waals surface area (Å²) >= 11 is 6.03. The summed E-state index contributed by atoms with van der Waals surface area (Å²) in [7, 11) is -0.0108. The average Bonchev–Trinajstić information content (AvgIpc) is 2.95. The average molecular weight is 615 g/mol. The van der Waals surface area contributed by atoms with Crippen molar-refractivity contribution in [3.8, 4) is 11.1 Å². The van der Waals surface area contributed by atoms with Crippen molar-refractivity contribution in [1.82, 2.24) is 19.9 Å². The topological polar surface area (TPSA) is 100 Å². The van der Waals surface area contributed by atoms with Crippen LogP contribution in [0.2, 0.25) is 5.02 Å².